The summed E-state index contributed by atoms with van der Waals surface area (Å²) in [5, 5.41) is 6.40. The lowest BCUT2D eigenvalue weighted by Gasteiger charge is -2.22. The standard InChI is InChI=1S/C20H22Cl2N2O3/c1-12(27-17-10-9-13(21)11-15(17)22)18(25)23-16-8-6-5-7-14(16)19(26)24-20(2,3)4/h5-12H,1-4H3,(H,23,25)(H,24,26). The molecule has 0 aliphatic rings. The second kappa shape index (κ2) is 8.63. The predicted octanol–water partition coefficient (Wildman–Crippen LogP) is 4.93. The van der Waals surface area contributed by atoms with Crippen molar-refractivity contribution in [2.24, 2.45) is 0 Å². The SMILES string of the molecule is CC(Oc1ccc(Cl)cc1Cl)C(=O)Nc1ccccc1C(=O)NC(C)(C)C. The first kappa shape index (κ1) is 21.1. The van der Waals surface area contributed by atoms with E-state index in [1.165, 1.54) is 6.07 Å². The van der Waals surface area contributed by atoms with Crippen molar-refractivity contribution in [3.05, 3.63) is 58.1 Å². The van der Waals surface area contributed by atoms with Gasteiger partial charge in [0.1, 0.15) is 5.75 Å². The molecule has 1 unspecified atom stereocenters. The molecule has 2 aromatic rings. The summed E-state index contributed by atoms with van der Waals surface area (Å²) >= 11 is 11.9. The maximum atomic E-state index is 12.5. The van der Waals surface area contributed by atoms with Crippen molar-refractivity contribution in [2.45, 2.75) is 39.3 Å². The number of amides is 2. The van der Waals surface area contributed by atoms with E-state index in [9.17, 15) is 9.59 Å². The number of benzene rings is 2. The molecule has 2 amide bonds. The van der Waals surface area contributed by atoms with E-state index in [0.717, 1.165) is 0 Å². The molecule has 0 aliphatic heterocycles. The van der Waals surface area contributed by atoms with Crippen molar-refractivity contribution in [1.82, 2.24) is 5.32 Å². The number of para-hydroxylation sites is 1. The quantitative estimate of drug-likeness (QED) is 0.736. The van der Waals surface area contributed by atoms with Crippen LogP contribution in [0.4, 0.5) is 5.69 Å². The molecule has 5 nitrogen and oxygen atoms in total. The van der Waals surface area contributed by atoms with E-state index in [1.54, 1.807) is 43.3 Å². The van der Waals surface area contributed by atoms with Crippen LogP contribution in [0.3, 0.4) is 0 Å². The van der Waals surface area contributed by atoms with Gasteiger partial charge in [0.2, 0.25) is 0 Å². The van der Waals surface area contributed by atoms with Crippen LogP contribution in [0.2, 0.25) is 10.0 Å². The first-order valence-corrected chi connectivity index (χ1v) is 9.16. The number of nitrogens with one attached hydrogen (secondary N) is 2. The number of rotatable bonds is 5. The van der Waals surface area contributed by atoms with E-state index < -0.39 is 17.6 Å². The summed E-state index contributed by atoms with van der Waals surface area (Å²) in [6.45, 7) is 7.26. The van der Waals surface area contributed by atoms with E-state index in [2.05, 4.69) is 10.6 Å². The third kappa shape index (κ3) is 6.15. The van der Waals surface area contributed by atoms with Crippen molar-refractivity contribution in [3.63, 3.8) is 0 Å². The monoisotopic (exact) mass is 408 g/mol. The Balaban J connectivity index is 2.12. The van der Waals surface area contributed by atoms with Crippen LogP contribution in [0.5, 0.6) is 5.75 Å². The Bertz CT molecular complexity index is 847. The summed E-state index contributed by atoms with van der Waals surface area (Å²) in [4.78, 5) is 25.0. The number of hydrogen-bond acceptors (Lipinski definition) is 3. The molecule has 144 valence electrons. The van der Waals surface area contributed by atoms with Gasteiger partial charge in [-0.25, -0.2) is 0 Å². The molecule has 0 aliphatic carbocycles. The van der Waals surface area contributed by atoms with E-state index in [4.69, 9.17) is 27.9 Å². The molecule has 7 heteroatoms. The van der Waals surface area contributed by atoms with Gasteiger partial charge >= 0.3 is 0 Å². The van der Waals surface area contributed by atoms with Gasteiger partial charge in [0.05, 0.1) is 16.3 Å². The molecular formula is C20H22Cl2N2O3. The smallest absolute Gasteiger partial charge is 0.265 e. The zero-order valence-corrected chi connectivity index (χ0v) is 17.1. The second-order valence-corrected chi connectivity index (χ2v) is 7.92. The second-order valence-electron chi connectivity index (χ2n) is 7.07. The van der Waals surface area contributed by atoms with Gasteiger partial charge in [0.15, 0.2) is 6.10 Å². The minimum Gasteiger partial charge on any atom is -0.479 e. The molecule has 0 saturated carbocycles. The van der Waals surface area contributed by atoms with Crippen LogP contribution >= 0.6 is 23.2 Å². The van der Waals surface area contributed by atoms with E-state index >= 15 is 0 Å². The number of hydrogen-bond donors (Lipinski definition) is 2. The Morgan fingerprint density at radius 1 is 1.07 bits per heavy atom. The fraction of sp³-hybridized carbons (Fsp3) is 0.300. The van der Waals surface area contributed by atoms with Gasteiger partial charge in [0, 0.05) is 10.6 Å². The average Bonchev–Trinajstić information content (AvgIpc) is 2.56. The fourth-order valence-electron chi connectivity index (χ4n) is 2.25. The van der Waals surface area contributed by atoms with Crippen molar-refractivity contribution in [1.29, 1.82) is 0 Å². The summed E-state index contributed by atoms with van der Waals surface area (Å²) in [5.74, 6) is -0.327. The van der Waals surface area contributed by atoms with Crippen LogP contribution < -0.4 is 15.4 Å². The number of carbonyl (C=O) groups is 2. The Morgan fingerprint density at radius 2 is 1.74 bits per heavy atom. The summed E-state index contributed by atoms with van der Waals surface area (Å²) in [7, 11) is 0. The highest BCUT2D eigenvalue weighted by atomic mass is 35.5. The van der Waals surface area contributed by atoms with E-state index in [1.807, 2.05) is 20.8 Å². The van der Waals surface area contributed by atoms with Crippen LogP contribution in [0.1, 0.15) is 38.1 Å². The van der Waals surface area contributed by atoms with Crippen LogP contribution in [0, 0.1) is 0 Å². The predicted molar refractivity (Wildman–Crippen MR) is 109 cm³/mol. The average molecular weight is 409 g/mol. The molecule has 0 spiro atoms. The molecule has 1 atom stereocenters. The summed E-state index contributed by atoms with van der Waals surface area (Å²) < 4.78 is 5.61. The number of carbonyl (C=O) groups excluding carboxylic acids is 2. The zero-order chi connectivity index (χ0) is 20.2. The minimum atomic E-state index is -0.831. The van der Waals surface area contributed by atoms with Gasteiger partial charge in [-0.1, -0.05) is 35.3 Å². The Kier molecular flexibility index (Phi) is 6.73. The topological polar surface area (TPSA) is 67.4 Å². The molecule has 0 bridgehead atoms. The molecule has 0 saturated heterocycles. The Labute approximate surface area is 169 Å². The molecule has 0 aromatic heterocycles. The summed E-state index contributed by atoms with van der Waals surface area (Å²) in [5.41, 5.74) is 0.384. The molecular weight excluding hydrogens is 387 g/mol. The van der Waals surface area contributed by atoms with Crippen LogP contribution in [-0.2, 0) is 4.79 Å². The zero-order valence-electron chi connectivity index (χ0n) is 15.6. The minimum absolute atomic E-state index is 0.271. The number of anilines is 1. The van der Waals surface area contributed by atoms with Crippen molar-refractivity contribution >= 4 is 40.7 Å². The fourth-order valence-corrected chi connectivity index (χ4v) is 2.70. The number of halogens is 2. The highest BCUT2D eigenvalue weighted by Gasteiger charge is 2.21. The van der Waals surface area contributed by atoms with Gasteiger partial charge in [0.25, 0.3) is 11.8 Å². The Hall–Kier alpha value is -2.24. The molecule has 0 heterocycles. The Morgan fingerprint density at radius 3 is 2.37 bits per heavy atom. The lowest BCUT2D eigenvalue weighted by molar-refractivity contribution is -0.122. The molecule has 0 radical (unpaired) electrons. The van der Waals surface area contributed by atoms with Crippen molar-refractivity contribution in [2.75, 3.05) is 5.32 Å². The lowest BCUT2D eigenvalue weighted by Crippen LogP contribution is -2.41. The summed E-state index contributed by atoms with van der Waals surface area (Å²) in [6.07, 6.45) is -0.831. The van der Waals surface area contributed by atoms with Gasteiger partial charge in [-0.05, 0) is 58.0 Å². The maximum Gasteiger partial charge on any atom is 0.265 e. The molecule has 2 aromatic carbocycles. The highest BCUT2D eigenvalue weighted by molar-refractivity contribution is 6.35. The highest BCUT2D eigenvalue weighted by Crippen LogP contribution is 2.28. The third-order valence-electron chi connectivity index (χ3n) is 3.48. The van der Waals surface area contributed by atoms with E-state index in [0.29, 0.717) is 27.0 Å². The normalized spacial score (nSPS) is 12.2. The first-order valence-electron chi connectivity index (χ1n) is 8.41. The molecule has 0 fully saturated rings. The van der Waals surface area contributed by atoms with Crippen LogP contribution in [-0.4, -0.2) is 23.5 Å². The third-order valence-corrected chi connectivity index (χ3v) is 4.02. The molecule has 27 heavy (non-hydrogen) atoms. The van der Waals surface area contributed by atoms with Crippen LogP contribution in [0.25, 0.3) is 0 Å². The maximum absolute atomic E-state index is 12.5. The van der Waals surface area contributed by atoms with Gasteiger partial charge in [-0.3, -0.25) is 9.59 Å². The summed E-state index contributed by atoms with van der Waals surface area (Å²) in [6, 6.07) is 11.6. The number of ether oxygens (including phenoxy) is 1. The largest absolute Gasteiger partial charge is 0.479 e. The van der Waals surface area contributed by atoms with Crippen LogP contribution in [0.15, 0.2) is 42.5 Å². The van der Waals surface area contributed by atoms with Crippen molar-refractivity contribution in [3.8, 4) is 5.75 Å². The van der Waals surface area contributed by atoms with Crippen molar-refractivity contribution < 1.29 is 14.3 Å². The van der Waals surface area contributed by atoms with E-state index in [-0.39, 0.29) is 5.91 Å². The first-order chi connectivity index (χ1) is 12.6. The lowest BCUT2D eigenvalue weighted by atomic mass is 10.1. The van der Waals surface area contributed by atoms with Gasteiger partial charge in [-0.15, -0.1) is 0 Å². The van der Waals surface area contributed by atoms with Gasteiger partial charge < -0.3 is 15.4 Å². The molecule has 2 rings (SSSR count). The van der Waals surface area contributed by atoms with Gasteiger partial charge in [-0.2, -0.15) is 0 Å². The molecule has 2 N–H and O–H groups in total.